The largest absolute Gasteiger partial charge is 0.468 e. The van der Waals surface area contributed by atoms with Crippen molar-refractivity contribution in [1.82, 2.24) is 9.97 Å². The highest BCUT2D eigenvalue weighted by Gasteiger charge is 2.09. The van der Waals surface area contributed by atoms with Crippen molar-refractivity contribution in [3.8, 4) is 0 Å². The molecular weight excluding hydrogens is 342 g/mol. The third kappa shape index (κ3) is 4.21. The van der Waals surface area contributed by atoms with Gasteiger partial charge >= 0.3 is 5.97 Å². The first-order valence-electron chi connectivity index (χ1n) is 5.73. The summed E-state index contributed by atoms with van der Waals surface area (Å²) in [4.78, 5) is 19.7. The summed E-state index contributed by atoms with van der Waals surface area (Å²) in [6, 6.07) is 9.63. The van der Waals surface area contributed by atoms with Crippen LogP contribution < -0.4 is 5.32 Å². The summed E-state index contributed by atoms with van der Waals surface area (Å²) in [7, 11) is 1.36. The molecule has 7 heteroatoms. The average Bonchev–Trinajstić information content (AvgIpc) is 2.48. The van der Waals surface area contributed by atoms with Gasteiger partial charge in [0.15, 0.2) is 0 Å². The SMILES string of the molecule is COC(=O)CSc1nc(Nc2ccccc2)ncc1Br. The number of aromatic nitrogens is 2. The number of methoxy groups -OCH3 is 1. The Balaban J connectivity index is 2.10. The molecule has 2 aromatic rings. The quantitative estimate of drug-likeness (QED) is 0.505. The summed E-state index contributed by atoms with van der Waals surface area (Å²) >= 11 is 4.65. The van der Waals surface area contributed by atoms with Gasteiger partial charge in [0.2, 0.25) is 5.95 Å². The van der Waals surface area contributed by atoms with Gasteiger partial charge in [-0.25, -0.2) is 9.97 Å². The lowest BCUT2D eigenvalue weighted by Crippen LogP contribution is -2.04. The Bertz CT molecular complexity index is 595. The number of rotatable bonds is 5. The molecule has 2 rings (SSSR count). The van der Waals surface area contributed by atoms with E-state index in [4.69, 9.17) is 0 Å². The van der Waals surface area contributed by atoms with Gasteiger partial charge < -0.3 is 10.1 Å². The lowest BCUT2D eigenvalue weighted by atomic mass is 10.3. The van der Waals surface area contributed by atoms with Gasteiger partial charge in [-0.05, 0) is 28.1 Å². The molecule has 0 radical (unpaired) electrons. The van der Waals surface area contributed by atoms with Crippen LogP contribution in [0.1, 0.15) is 0 Å². The third-order valence-electron chi connectivity index (χ3n) is 2.30. The molecule has 0 amide bonds. The first kappa shape index (κ1) is 14.8. The fourth-order valence-corrected chi connectivity index (χ4v) is 2.60. The number of benzene rings is 1. The van der Waals surface area contributed by atoms with Crippen LogP contribution in [0.4, 0.5) is 11.6 Å². The number of esters is 1. The van der Waals surface area contributed by atoms with E-state index in [-0.39, 0.29) is 11.7 Å². The van der Waals surface area contributed by atoms with E-state index in [2.05, 4.69) is 36.0 Å². The molecule has 0 atom stereocenters. The summed E-state index contributed by atoms with van der Waals surface area (Å²) < 4.78 is 5.34. The molecule has 1 aromatic heterocycles. The Morgan fingerprint density at radius 2 is 2.15 bits per heavy atom. The molecule has 0 aliphatic carbocycles. The summed E-state index contributed by atoms with van der Waals surface area (Å²) in [5.74, 6) is 0.390. The molecule has 0 saturated heterocycles. The molecule has 1 aromatic carbocycles. The number of carbonyl (C=O) groups excluding carboxylic acids is 1. The van der Waals surface area contributed by atoms with Crippen LogP contribution in [-0.2, 0) is 9.53 Å². The average molecular weight is 354 g/mol. The van der Waals surface area contributed by atoms with Crippen molar-refractivity contribution in [3.63, 3.8) is 0 Å². The number of thioether (sulfide) groups is 1. The molecule has 104 valence electrons. The zero-order valence-corrected chi connectivity index (χ0v) is 13.1. The van der Waals surface area contributed by atoms with Crippen molar-refractivity contribution in [3.05, 3.63) is 41.0 Å². The van der Waals surface area contributed by atoms with Crippen LogP contribution >= 0.6 is 27.7 Å². The van der Waals surface area contributed by atoms with E-state index in [1.807, 2.05) is 30.3 Å². The maximum absolute atomic E-state index is 11.2. The lowest BCUT2D eigenvalue weighted by Gasteiger charge is -2.07. The Morgan fingerprint density at radius 1 is 1.40 bits per heavy atom. The van der Waals surface area contributed by atoms with Crippen molar-refractivity contribution in [2.75, 3.05) is 18.2 Å². The van der Waals surface area contributed by atoms with Crippen LogP contribution in [0.3, 0.4) is 0 Å². The number of hydrogen-bond acceptors (Lipinski definition) is 6. The zero-order chi connectivity index (χ0) is 14.4. The molecule has 5 nitrogen and oxygen atoms in total. The van der Waals surface area contributed by atoms with Crippen LogP contribution in [-0.4, -0.2) is 28.8 Å². The van der Waals surface area contributed by atoms with E-state index in [1.165, 1.54) is 18.9 Å². The second-order valence-corrected chi connectivity index (χ2v) is 5.52. The molecule has 1 N–H and O–H groups in total. The van der Waals surface area contributed by atoms with E-state index in [0.717, 1.165) is 10.2 Å². The molecule has 0 bridgehead atoms. The predicted molar refractivity (Wildman–Crippen MR) is 82.2 cm³/mol. The fourth-order valence-electron chi connectivity index (χ4n) is 1.35. The van der Waals surface area contributed by atoms with Gasteiger partial charge in [-0.2, -0.15) is 0 Å². The number of carbonyl (C=O) groups is 1. The molecule has 0 fully saturated rings. The van der Waals surface area contributed by atoms with Gasteiger partial charge in [-0.3, -0.25) is 4.79 Å². The molecule has 0 saturated carbocycles. The van der Waals surface area contributed by atoms with Crippen molar-refractivity contribution in [2.45, 2.75) is 5.03 Å². The molecule has 0 spiro atoms. The van der Waals surface area contributed by atoms with Gasteiger partial charge in [-0.1, -0.05) is 30.0 Å². The van der Waals surface area contributed by atoms with Crippen molar-refractivity contribution in [2.24, 2.45) is 0 Å². The summed E-state index contributed by atoms with van der Waals surface area (Å²) in [6.45, 7) is 0. The summed E-state index contributed by atoms with van der Waals surface area (Å²) in [5, 5.41) is 3.78. The highest BCUT2D eigenvalue weighted by molar-refractivity contribution is 9.10. The maximum atomic E-state index is 11.2. The van der Waals surface area contributed by atoms with E-state index >= 15 is 0 Å². The second-order valence-electron chi connectivity index (χ2n) is 3.70. The number of hydrogen-bond donors (Lipinski definition) is 1. The summed E-state index contributed by atoms with van der Waals surface area (Å²) in [5.41, 5.74) is 0.902. The van der Waals surface area contributed by atoms with E-state index in [0.29, 0.717) is 11.0 Å². The second kappa shape index (κ2) is 7.25. The molecule has 0 unspecified atom stereocenters. The summed E-state index contributed by atoms with van der Waals surface area (Å²) in [6.07, 6.45) is 1.65. The minimum absolute atomic E-state index is 0.205. The first-order valence-corrected chi connectivity index (χ1v) is 7.51. The van der Waals surface area contributed by atoms with Crippen molar-refractivity contribution < 1.29 is 9.53 Å². The van der Waals surface area contributed by atoms with Crippen LogP contribution in [0.15, 0.2) is 46.0 Å². The van der Waals surface area contributed by atoms with Crippen LogP contribution in [0.25, 0.3) is 0 Å². The number of nitrogens with zero attached hydrogens (tertiary/aromatic N) is 2. The number of nitrogens with one attached hydrogen (secondary N) is 1. The number of anilines is 2. The minimum Gasteiger partial charge on any atom is -0.468 e. The van der Waals surface area contributed by atoms with Crippen LogP contribution in [0.2, 0.25) is 0 Å². The Labute approximate surface area is 129 Å². The third-order valence-corrected chi connectivity index (χ3v) is 4.10. The first-order chi connectivity index (χ1) is 9.69. The molecule has 0 aliphatic rings. The van der Waals surface area contributed by atoms with Gasteiger partial charge in [0.1, 0.15) is 5.03 Å². The van der Waals surface area contributed by atoms with E-state index in [1.54, 1.807) is 6.20 Å². The van der Waals surface area contributed by atoms with Crippen LogP contribution in [0.5, 0.6) is 0 Å². The molecule has 1 heterocycles. The minimum atomic E-state index is -0.293. The Hall–Kier alpha value is -1.60. The van der Waals surface area contributed by atoms with Crippen LogP contribution in [0, 0.1) is 0 Å². The van der Waals surface area contributed by atoms with Crippen molar-refractivity contribution in [1.29, 1.82) is 0 Å². The zero-order valence-electron chi connectivity index (χ0n) is 10.7. The van der Waals surface area contributed by atoms with Gasteiger partial charge in [0.05, 0.1) is 17.3 Å². The van der Waals surface area contributed by atoms with Crippen molar-refractivity contribution >= 4 is 45.3 Å². The number of halogens is 1. The Kier molecular flexibility index (Phi) is 5.37. The van der Waals surface area contributed by atoms with Gasteiger partial charge in [-0.15, -0.1) is 0 Å². The number of para-hydroxylation sites is 1. The smallest absolute Gasteiger partial charge is 0.316 e. The highest BCUT2D eigenvalue weighted by Crippen LogP contribution is 2.26. The number of ether oxygens (including phenoxy) is 1. The fraction of sp³-hybridized carbons (Fsp3) is 0.154. The standard InChI is InChI=1S/C13H12BrN3O2S/c1-19-11(18)8-20-12-10(14)7-15-13(17-12)16-9-5-3-2-4-6-9/h2-7H,8H2,1H3,(H,15,16,17). The van der Waals surface area contributed by atoms with E-state index < -0.39 is 0 Å². The topological polar surface area (TPSA) is 64.1 Å². The predicted octanol–water partition coefficient (Wildman–Crippen LogP) is 3.25. The van der Waals surface area contributed by atoms with Gasteiger partial charge in [0.25, 0.3) is 0 Å². The highest BCUT2D eigenvalue weighted by atomic mass is 79.9. The Morgan fingerprint density at radius 3 is 2.85 bits per heavy atom. The van der Waals surface area contributed by atoms with E-state index in [9.17, 15) is 4.79 Å². The molecule has 0 aliphatic heterocycles. The van der Waals surface area contributed by atoms with Gasteiger partial charge in [0, 0.05) is 11.9 Å². The molecular formula is C13H12BrN3O2S. The normalized spacial score (nSPS) is 10.1. The maximum Gasteiger partial charge on any atom is 0.316 e. The monoisotopic (exact) mass is 353 g/mol. The molecule has 20 heavy (non-hydrogen) atoms. The lowest BCUT2D eigenvalue weighted by molar-refractivity contribution is -0.137.